The smallest absolute Gasteiger partial charge is 0.318 e. The fourth-order valence-corrected chi connectivity index (χ4v) is 2.89. The molecule has 1 saturated heterocycles. The molecule has 1 aliphatic heterocycles. The van der Waals surface area contributed by atoms with E-state index in [1.54, 1.807) is 17.0 Å². The third-order valence-corrected chi connectivity index (χ3v) is 4.26. The second-order valence-corrected chi connectivity index (χ2v) is 6.15. The van der Waals surface area contributed by atoms with Crippen molar-refractivity contribution in [2.24, 2.45) is 0 Å². The Morgan fingerprint density at radius 2 is 2.12 bits per heavy atom. The van der Waals surface area contributed by atoms with Crippen molar-refractivity contribution in [3.63, 3.8) is 0 Å². The van der Waals surface area contributed by atoms with Crippen LogP contribution < -0.4 is 5.32 Å². The Morgan fingerprint density at radius 1 is 1.28 bits per heavy atom. The summed E-state index contributed by atoms with van der Waals surface area (Å²) in [6.07, 6.45) is 0. The van der Waals surface area contributed by atoms with Crippen molar-refractivity contribution in [1.82, 2.24) is 10.2 Å². The highest BCUT2D eigenvalue weighted by Crippen LogP contribution is 2.25. The summed E-state index contributed by atoms with van der Waals surface area (Å²) in [5, 5.41) is 2.92. The number of benzene rings is 1. The second kappa shape index (κ2) is 7.53. The molecule has 1 atom stereocenters. The van der Waals surface area contributed by atoms with Gasteiger partial charge in [-0.25, -0.2) is 4.79 Å². The summed E-state index contributed by atoms with van der Waals surface area (Å²) in [6.45, 7) is 5.19. The van der Waals surface area contributed by atoms with Gasteiger partial charge >= 0.3 is 6.03 Å². The largest absolute Gasteiger partial charge is 0.464 e. The lowest BCUT2D eigenvalue weighted by Gasteiger charge is -2.34. The Labute approximate surface area is 146 Å². The maximum atomic E-state index is 12.6. The first kappa shape index (κ1) is 17.2. The minimum absolute atomic E-state index is 0.00890. The Hall–Kier alpha value is -2.60. The number of ether oxygens (including phenoxy) is 1. The van der Waals surface area contributed by atoms with Gasteiger partial charge in [0, 0.05) is 18.7 Å². The number of ketones is 1. The molecule has 3 rings (SSSR count). The van der Waals surface area contributed by atoms with Crippen LogP contribution in [0.15, 0.2) is 40.8 Å². The van der Waals surface area contributed by atoms with Crippen LogP contribution in [0.3, 0.4) is 0 Å². The highest BCUT2D eigenvalue weighted by atomic mass is 16.5. The van der Waals surface area contributed by atoms with Gasteiger partial charge in [0.2, 0.25) is 0 Å². The molecule has 2 heterocycles. The zero-order valence-corrected chi connectivity index (χ0v) is 14.5. The fraction of sp³-hybridized carbons (Fsp3) is 0.368. The average Bonchev–Trinajstić information content (AvgIpc) is 3.06. The molecule has 6 heteroatoms. The number of aryl methyl sites for hydroxylation is 1. The normalized spacial score (nSPS) is 17.4. The lowest BCUT2D eigenvalue weighted by molar-refractivity contribution is 0.00400. The summed E-state index contributed by atoms with van der Waals surface area (Å²) in [4.78, 5) is 25.8. The van der Waals surface area contributed by atoms with E-state index in [-0.39, 0.29) is 17.9 Å². The molecule has 0 radical (unpaired) electrons. The van der Waals surface area contributed by atoms with Crippen molar-refractivity contribution >= 4 is 11.8 Å². The monoisotopic (exact) mass is 342 g/mol. The molecule has 1 N–H and O–H groups in total. The minimum Gasteiger partial charge on any atom is -0.464 e. The van der Waals surface area contributed by atoms with Crippen molar-refractivity contribution in [3.05, 3.63) is 59.0 Å². The van der Waals surface area contributed by atoms with Gasteiger partial charge in [-0.05, 0) is 37.6 Å². The highest BCUT2D eigenvalue weighted by molar-refractivity contribution is 5.94. The van der Waals surface area contributed by atoms with Gasteiger partial charge in [-0.3, -0.25) is 4.79 Å². The molecule has 0 aliphatic carbocycles. The van der Waals surface area contributed by atoms with Crippen molar-refractivity contribution in [2.45, 2.75) is 26.4 Å². The number of morpholine rings is 1. The van der Waals surface area contributed by atoms with Gasteiger partial charge in [0.1, 0.15) is 17.6 Å². The number of furan rings is 1. The first-order valence-corrected chi connectivity index (χ1v) is 8.33. The van der Waals surface area contributed by atoms with E-state index in [4.69, 9.17) is 9.15 Å². The molecular weight excluding hydrogens is 320 g/mol. The Morgan fingerprint density at radius 3 is 2.84 bits per heavy atom. The highest BCUT2D eigenvalue weighted by Gasteiger charge is 2.30. The van der Waals surface area contributed by atoms with Crippen LogP contribution in [0.4, 0.5) is 4.79 Å². The third-order valence-electron chi connectivity index (χ3n) is 4.26. The number of Topliss-reactive ketones (excluding diaryl/α,β-unsaturated/α-hetero) is 1. The lowest BCUT2D eigenvalue weighted by Crippen LogP contribution is -2.47. The Balaban J connectivity index is 1.66. The SMILES string of the molecule is CC(=O)c1cccc(CNC(=O)N2CCOCC2c2ccc(C)o2)c1. The molecule has 1 fully saturated rings. The molecule has 2 aromatic rings. The summed E-state index contributed by atoms with van der Waals surface area (Å²) in [7, 11) is 0. The van der Waals surface area contributed by atoms with E-state index in [2.05, 4.69) is 5.32 Å². The van der Waals surface area contributed by atoms with Crippen LogP contribution in [-0.2, 0) is 11.3 Å². The van der Waals surface area contributed by atoms with Crippen molar-refractivity contribution < 1.29 is 18.7 Å². The molecule has 0 spiro atoms. The van der Waals surface area contributed by atoms with Gasteiger partial charge in [-0.2, -0.15) is 0 Å². The topological polar surface area (TPSA) is 71.8 Å². The molecule has 1 aromatic carbocycles. The van der Waals surface area contributed by atoms with Crippen LogP contribution >= 0.6 is 0 Å². The third kappa shape index (κ3) is 4.09. The van der Waals surface area contributed by atoms with Crippen molar-refractivity contribution in [1.29, 1.82) is 0 Å². The average molecular weight is 342 g/mol. The molecule has 2 amide bonds. The van der Waals surface area contributed by atoms with Crippen LogP contribution in [-0.4, -0.2) is 36.5 Å². The molecule has 0 bridgehead atoms. The zero-order chi connectivity index (χ0) is 17.8. The molecule has 25 heavy (non-hydrogen) atoms. The molecule has 132 valence electrons. The van der Waals surface area contributed by atoms with E-state index in [0.717, 1.165) is 17.1 Å². The maximum Gasteiger partial charge on any atom is 0.318 e. The van der Waals surface area contributed by atoms with Gasteiger partial charge in [-0.1, -0.05) is 18.2 Å². The Bertz CT molecular complexity index is 768. The molecule has 1 unspecified atom stereocenters. The number of carbonyl (C=O) groups excluding carboxylic acids is 2. The number of nitrogens with one attached hydrogen (secondary N) is 1. The van der Waals surface area contributed by atoms with Crippen LogP contribution in [0.5, 0.6) is 0 Å². The predicted molar refractivity (Wildman–Crippen MR) is 92.4 cm³/mol. The number of rotatable bonds is 4. The van der Waals surface area contributed by atoms with E-state index in [1.165, 1.54) is 6.92 Å². The molecule has 1 aliphatic rings. The van der Waals surface area contributed by atoms with Crippen LogP contribution in [0.2, 0.25) is 0 Å². The van der Waals surface area contributed by atoms with Crippen molar-refractivity contribution in [2.75, 3.05) is 19.8 Å². The fourth-order valence-electron chi connectivity index (χ4n) is 2.89. The molecular formula is C19H22N2O4. The number of carbonyl (C=O) groups is 2. The minimum atomic E-state index is -0.231. The zero-order valence-electron chi connectivity index (χ0n) is 14.5. The first-order valence-electron chi connectivity index (χ1n) is 8.33. The maximum absolute atomic E-state index is 12.6. The molecule has 1 aromatic heterocycles. The van der Waals surface area contributed by atoms with Gasteiger partial charge in [0.25, 0.3) is 0 Å². The van der Waals surface area contributed by atoms with E-state index in [9.17, 15) is 9.59 Å². The van der Waals surface area contributed by atoms with E-state index >= 15 is 0 Å². The molecule has 6 nitrogen and oxygen atoms in total. The van der Waals surface area contributed by atoms with Crippen LogP contribution in [0.1, 0.15) is 40.4 Å². The standard InChI is InChI=1S/C19H22N2O4/c1-13-6-7-18(25-13)17-12-24-9-8-21(17)19(23)20-11-15-4-3-5-16(10-15)14(2)22/h3-7,10,17H,8-9,11-12H2,1-2H3,(H,20,23). The van der Waals surface area contributed by atoms with Gasteiger partial charge in [-0.15, -0.1) is 0 Å². The summed E-state index contributed by atoms with van der Waals surface area (Å²) in [6, 6.07) is 10.6. The number of amides is 2. The summed E-state index contributed by atoms with van der Waals surface area (Å²) in [5.41, 5.74) is 1.53. The lowest BCUT2D eigenvalue weighted by atomic mass is 10.1. The summed E-state index contributed by atoms with van der Waals surface area (Å²) in [5.74, 6) is 1.54. The second-order valence-electron chi connectivity index (χ2n) is 6.15. The number of hydrogen-bond acceptors (Lipinski definition) is 4. The first-order chi connectivity index (χ1) is 12.0. The number of hydrogen-bond donors (Lipinski definition) is 1. The van der Waals surface area contributed by atoms with Crippen molar-refractivity contribution in [3.8, 4) is 0 Å². The van der Waals surface area contributed by atoms with Gasteiger partial charge in [0.15, 0.2) is 5.78 Å². The molecule has 0 saturated carbocycles. The Kier molecular flexibility index (Phi) is 5.19. The predicted octanol–water partition coefficient (Wildman–Crippen LogP) is 3.07. The number of nitrogens with zero attached hydrogens (tertiary/aromatic N) is 1. The van der Waals surface area contributed by atoms with Gasteiger partial charge < -0.3 is 19.4 Å². The summed E-state index contributed by atoms with van der Waals surface area (Å²) >= 11 is 0. The summed E-state index contributed by atoms with van der Waals surface area (Å²) < 4.78 is 11.2. The quantitative estimate of drug-likeness (QED) is 0.867. The van der Waals surface area contributed by atoms with Crippen LogP contribution in [0, 0.1) is 6.92 Å². The van der Waals surface area contributed by atoms with E-state index in [1.807, 2.05) is 31.2 Å². The van der Waals surface area contributed by atoms with Crippen LogP contribution in [0.25, 0.3) is 0 Å². The van der Waals surface area contributed by atoms with Gasteiger partial charge in [0.05, 0.1) is 13.2 Å². The van der Waals surface area contributed by atoms with E-state index < -0.39 is 0 Å². The van der Waals surface area contributed by atoms with E-state index in [0.29, 0.717) is 31.9 Å². The number of urea groups is 1.